The number of anilines is 1. The third-order valence-corrected chi connectivity index (χ3v) is 4.21. The molecular weight excluding hydrogens is 280 g/mol. The van der Waals surface area contributed by atoms with Crippen molar-refractivity contribution in [3.63, 3.8) is 0 Å². The summed E-state index contributed by atoms with van der Waals surface area (Å²) in [5.74, 6) is 3.24. The fraction of sp³-hybridized carbons (Fsp3) is 0.583. The molecule has 0 bridgehead atoms. The fourth-order valence-electron chi connectivity index (χ4n) is 1.84. The number of nitrogens with zero attached hydrogens (tertiary/aromatic N) is 4. The molecule has 19 heavy (non-hydrogen) atoms. The summed E-state index contributed by atoms with van der Waals surface area (Å²) in [4.78, 5) is 10.9. The Morgan fingerprint density at radius 3 is 2.74 bits per heavy atom. The third-order valence-electron chi connectivity index (χ3n) is 2.72. The zero-order chi connectivity index (χ0) is 13.7. The van der Waals surface area contributed by atoms with Crippen LogP contribution in [0.4, 0.5) is 5.82 Å². The van der Waals surface area contributed by atoms with Gasteiger partial charge in [0.2, 0.25) is 5.88 Å². The molecule has 1 fully saturated rings. The summed E-state index contributed by atoms with van der Waals surface area (Å²) >= 11 is 3.39. The Labute approximate surface area is 121 Å². The Hall–Kier alpha value is -1.13. The van der Waals surface area contributed by atoms with Gasteiger partial charge in [0.15, 0.2) is 16.5 Å². The quantitative estimate of drug-likeness (QED) is 0.622. The Morgan fingerprint density at radius 1 is 1.42 bits per heavy atom. The molecule has 0 amide bonds. The number of hydrogen-bond donors (Lipinski definition) is 0. The number of aromatic nitrogens is 2. The van der Waals surface area contributed by atoms with Crippen LogP contribution in [0.5, 0.6) is 5.88 Å². The van der Waals surface area contributed by atoms with Crippen LogP contribution in [-0.4, -0.2) is 47.4 Å². The number of nitriles is 1. The number of ether oxygens (including phenoxy) is 1. The van der Waals surface area contributed by atoms with Crippen molar-refractivity contribution in [2.75, 3.05) is 42.4 Å². The molecule has 0 aromatic carbocycles. The molecule has 0 spiro atoms. The molecule has 0 radical (unpaired) electrons. The molecule has 1 aliphatic rings. The van der Waals surface area contributed by atoms with Gasteiger partial charge in [-0.1, -0.05) is 11.8 Å². The zero-order valence-corrected chi connectivity index (χ0v) is 12.7. The summed E-state index contributed by atoms with van der Waals surface area (Å²) in [6.07, 6.45) is 1.92. The minimum Gasteiger partial charge on any atom is -0.477 e. The average Bonchev–Trinajstić information content (AvgIpc) is 2.47. The summed E-state index contributed by atoms with van der Waals surface area (Å²) in [6.45, 7) is 4.21. The Morgan fingerprint density at radius 2 is 2.16 bits per heavy atom. The van der Waals surface area contributed by atoms with Crippen molar-refractivity contribution in [3.8, 4) is 11.9 Å². The lowest BCUT2D eigenvalue weighted by Gasteiger charge is -2.28. The van der Waals surface area contributed by atoms with Crippen molar-refractivity contribution in [1.82, 2.24) is 9.97 Å². The van der Waals surface area contributed by atoms with Gasteiger partial charge in [0.05, 0.1) is 6.61 Å². The van der Waals surface area contributed by atoms with Crippen LogP contribution < -0.4 is 9.64 Å². The second-order valence-electron chi connectivity index (χ2n) is 3.86. The van der Waals surface area contributed by atoms with Gasteiger partial charge in [-0.25, -0.2) is 4.98 Å². The van der Waals surface area contributed by atoms with Crippen LogP contribution >= 0.6 is 23.5 Å². The van der Waals surface area contributed by atoms with Gasteiger partial charge in [-0.3, -0.25) is 0 Å². The molecule has 0 aliphatic carbocycles. The van der Waals surface area contributed by atoms with Gasteiger partial charge in [0, 0.05) is 24.6 Å². The van der Waals surface area contributed by atoms with Crippen LogP contribution in [0, 0.1) is 11.3 Å². The van der Waals surface area contributed by atoms with E-state index in [4.69, 9.17) is 4.74 Å². The van der Waals surface area contributed by atoms with Crippen LogP contribution in [0.3, 0.4) is 0 Å². The normalized spacial score (nSPS) is 15.1. The maximum Gasteiger partial charge on any atom is 0.238 e. The lowest BCUT2D eigenvalue weighted by Crippen LogP contribution is -2.34. The average molecular weight is 296 g/mol. The largest absolute Gasteiger partial charge is 0.477 e. The minimum absolute atomic E-state index is 0.401. The van der Waals surface area contributed by atoms with Gasteiger partial charge in [-0.2, -0.15) is 22.0 Å². The Kier molecular flexibility index (Phi) is 5.16. The summed E-state index contributed by atoms with van der Waals surface area (Å²) in [5.41, 5.74) is 0.451. The van der Waals surface area contributed by atoms with Crippen molar-refractivity contribution in [1.29, 1.82) is 5.26 Å². The van der Waals surface area contributed by atoms with Crippen LogP contribution in [0.15, 0.2) is 5.16 Å². The van der Waals surface area contributed by atoms with E-state index >= 15 is 0 Å². The predicted molar refractivity (Wildman–Crippen MR) is 79.2 cm³/mol. The second kappa shape index (κ2) is 6.87. The highest BCUT2D eigenvalue weighted by molar-refractivity contribution is 7.99. The molecule has 1 aromatic rings. The summed E-state index contributed by atoms with van der Waals surface area (Å²) in [6, 6.07) is 2.19. The number of hydrogen-bond acceptors (Lipinski definition) is 7. The first-order valence-electron chi connectivity index (χ1n) is 6.11. The van der Waals surface area contributed by atoms with E-state index < -0.39 is 0 Å². The second-order valence-corrected chi connectivity index (χ2v) is 5.86. The van der Waals surface area contributed by atoms with Crippen LogP contribution in [0.1, 0.15) is 12.5 Å². The van der Waals surface area contributed by atoms with E-state index in [2.05, 4.69) is 20.9 Å². The predicted octanol–water partition coefficient (Wildman–Crippen LogP) is 2.02. The molecule has 2 heterocycles. The number of thioether (sulfide) groups is 2. The standard InChI is InChI=1S/C12H16N4OS2/c1-3-17-11-9(8-13)10(14-12(15-11)18-2)16-4-6-19-7-5-16/h3-7H2,1-2H3. The molecule has 0 saturated carbocycles. The molecule has 1 aliphatic heterocycles. The fourth-order valence-corrected chi connectivity index (χ4v) is 3.10. The maximum absolute atomic E-state index is 9.37. The van der Waals surface area contributed by atoms with Gasteiger partial charge in [-0.15, -0.1) is 0 Å². The molecule has 102 valence electrons. The van der Waals surface area contributed by atoms with E-state index in [1.54, 1.807) is 0 Å². The van der Waals surface area contributed by atoms with Gasteiger partial charge in [0.1, 0.15) is 6.07 Å². The molecule has 0 unspecified atom stereocenters. The van der Waals surface area contributed by atoms with E-state index in [1.165, 1.54) is 11.8 Å². The summed E-state index contributed by atoms with van der Waals surface area (Å²) in [5, 5.41) is 10.0. The number of rotatable bonds is 4. The van der Waals surface area contributed by atoms with E-state index in [0.717, 1.165) is 24.6 Å². The van der Waals surface area contributed by atoms with Gasteiger partial charge in [-0.05, 0) is 13.2 Å². The minimum atomic E-state index is 0.401. The Balaban J connectivity index is 2.44. The van der Waals surface area contributed by atoms with Crippen molar-refractivity contribution in [2.45, 2.75) is 12.1 Å². The third kappa shape index (κ3) is 3.25. The maximum atomic E-state index is 9.37. The molecule has 0 N–H and O–H groups in total. The highest BCUT2D eigenvalue weighted by Gasteiger charge is 2.22. The van der Waals surface area contributed by atoms with E-state index in [1.807, 2.05) is 24.9 Å². The summed E-state index contributed by atoms with van der Waals surface area (Å²) in [7, 11) is 0. The first kappa shape index (κ1) is 14.3. The molecule has 7 heteroatoms. The van der Waals surface area contributed by atoms with Crippen molar-refractivity contribution >= 4 is 29.3 Å². The van der Waals surface area contributed by atoms with E-state index in [0.29, 0.717) is 29.0 Å². The van der Waals surface area contributed by atoms with Crippen molar-refractivity contribution in [3.05, 3.63) is 5.56 Å². The lowest BCUT2D eigenvalue weighted by molar-refractivity contribution is 0.322. The van der Waals surface area contributed by atoms with Crippen molar-refractivity contribution < 1.29 is 4.74 Å². The lowest BCUT2D eigenvalue weighted by atomic mass is 10.3. The topological polar surface area (TPSA) is 62.0 Å². The van der Waals surface area contributed by atoms with Crippen LogP contribution in [0.2, 0.25) is 0 Å². The molecule has 2 rings (SSSR count). The molecule has 0 atom stereocenters. The highest BCUT2D eigenvalue weighted by Crippen LogP contribution is 2.29. The summed E-state index contributed by atoms with van der Waals surface area (Å²) < 4.78 is 5.48. The Bertz CT molecular complexity index is 483. The first-order valence-corrected chi connectivity index (χ1v) is 8.49. The molecule has 1 saturated heterocycles. The van der Waals surface area contributed by atoms with Crippen molar-refractivity contribution in [2.24, 2.45) is 0 Å². The monoisotopic (exact) mass is 296 g/mol. The van der Waals surface area contributed by atoms with Crippen LogP contribution in [-0.2, 0) is 0 Å². The van der Waals surface area contributed by atoms with Gasteiger partial charge < -0.3 is 9.64 Å². The van der Waals surface area contributed by atoms with Gasteiger partial charge in [0.25, 0.3) is 0 Å². The smallest absolute Gasteiger partial charge is 0.238 e. The molecule has 5 nitrogen and oxygen atoms in total. The van der Waals surface area contributed by atoms with Crippen LogP contribution in [0.25, 0.3) is 0 Å². The first-order chi connectivity index (χ1) is 9.30. The van der Waals surface area contributed by atoms with E-state index in [9.17, 15) is 5.26 Å². The SMILES string of the molecule is CCOc1nc(SC)nc(N2CCSCC2)c1C#N. The molecular formula is C12H16N4OS2. The highest BCUT2D eigenvalue weighted by atomic mass is 32.2. The van der Waals surface area contributed by atoms with Gasteiger partial charge >= 0.3 is 0 Å². The zero-order valence-electron chi connectivity index (χ0n) is 11.0. The molecule has 1 aromatic heterocycles. The van der Waals surface area contributed by atoms with E-state index in [-0.39, 0.29) is 0 Å².